The van der Waals surface area contributed by atoms with Crippen molar-refractivity contribution in [3.05, 3.63) is 27.4 Å². The van der Waals surface area contributed by atoms with Gasteiger partial charge >= 0.3 is 11.7 Å². The van der Waals surface area contributed by atoms with Gasteiger partial charge in [0.25, 0.3) is 0 Å². The maximum absolute atomic E-state index is 12.1. The monoisotopic (exact) mass is 278 g/mol. The first-order chi connectivity index (χ1) is 9.38. The molecule has 0 spiro atoms. The summed E-state index contributed by atoms with van der Waals surface area (Å²) in [6.45, 7) is 6.55. The first-order valence-electron chi connectivity index (χ1n) is 7.17. The van der Waals surface area contributed by atoms with Gasteiger partial charge < -0.3 is 5.11 Å². The van der Waals surface area contributed by atoms with Gasteiger partial charge in [0.05, 0.1) is 0 Å². The van der Waals surface area contributed by atoms with E-state index in [4.69, 9.17) is 5.11 Å². The van der Waals surface area contributed by atoms with E-state index in [-0.39, 0.29) is 17.5 Å². The van der Waals surface area contributed by atoms with Crippen molar-refractivity contribution in [2.45, 2.75) is 59.4 Å². The number of hydrogen-bond acceptors (Lipinski definition) is 3. The minimum atomic E-state index is -0.825. The number of rotatable bonds is 6. The van der Waals surface area contributed by atoms with Crippen LogP contribution in [0.5, 0.6) is 0 Å². The van der Waals surface area contributed by atoms with Gasteiger partial charge in [-0.05, 0) is 50.5 Å². The Hall–Kier alpha value is -1.65. The Labute approximate surface area is 118 Å². The second-order valence-electron chi connectivity index (χ2n) is 5.88. The second kappa shape index (κ2) is 5.38. The van der Waals surface area contributed by atoms with E-state index in [1.165, 1.54) is 0 Å². The zero-order valence-corrected chi connectivity index (χ0v) is 12.4. The van der Waals surface area contributed by atoms with Crippen molar-refractivity contribution in [1.82, 2.24) is 9.55 Å². The third-order valence-corrected chi connectivity index (χ3v) is 4.56. The van der Waals surface area contributed by atoms with Crippen molar-refractivity contribution in [1.29, 1.82) is 0 Å². The third-order valence-electron chi connectivity index (χ3n) is 4.56. The van der Waals surface area contributed by atoms with E-state index in [2.05, 4.69) is 11.9 Å². The molecule has 0 amide bonds. The van der Waals surface area contributed by atoms with Crippen LogP contribution in [0.4, 0.5) is 0 Å². The van der Waals surface area contributed by atoms with Crippen LogP contribution in [0.1, 0.15) is 49.6 Å². The lowest BCUT2D eigenvalue weighted by atomic mass is 10.0. The molecule has 0 aliphatic heterocycles. The van der Waals surface area contributed by atoms with Crippen LogP contribution in [0.3, 0.4) is 0 Å². The molecule has 0 aromatic carbocycles. The highest BCUT2D eigenvalue weighted by Crippen LogP contribution is 2.49. The zero-order valence-electron chi connectivity index (χ0n) is 12.4. The quantitative estimate of drug-likeness (QED) is 0.864. The van der Waals surface area contributed by atoms with Crippen molar-refractivity contribution in [2.75, 3.05) is 0 Å². The Balaban J connectivity index is 2.34. The van der Waals surface area contributed by atoms with E-state index in [1.54, 1.807) is 11.5 Å². The Bertz CT molecular complexity index is 586. The maximum Gasteiger partial charge on any atom is 0.347 e. The van der Waals surface area contributed by atoms with E-state index in [9.17, 15) is 9.59 Å². The smallest absolute Gasteiger partial charge is 0.347 e. The lowest BCUT2D eigenvalue weighted by Gasteiger charge is -2.19. The van der Waals surface area contributed by atoms with Crippen molar-refractivity contribution < 1.29 is 9.90 Å². The van der Waals surface area contributed by atoms with Gasteiger partial charge in [-0.3, -0.25) is 9.36 Å². The molecule has 1 aromatic rings. The van der Waals surface area contributed by atoms with Gasteiger partial charge in [0, 0.05) is 24.4 Å². The molecule has 1 N–H and O–H groups in total. The predicted molar refractivity (Wildman–Crippen MR) is 75.9 cm³/mol. The van der Waals surface area contributed by atoms with E-state index in [0.29, 0.717) is 18.7 Å². The molecule has 1 heterocycles. The van der Waals surface area contributed by atoms with Crippen LogP contribution < -0.4 is 5.69 Å². The number of hydrogen-bond donors (Lipinski definition) is 1. The molecule has 0 bridgehead atoms. The number of nitrogens with zero attached hydrogens (tertiary/aromatic N) is 2. The molecule has 20 heavy (non-hydrogen) atoms. The van der Waals surface area contributed by atoms with E-state index in [0.717, 1.165) is 30.5 Å². The summed E-state index contributed by atoms with van der Waals surface area (Å²) in [5, 5.41) is 8.83. The van der Waals surface area contributed by atoms with Crippen LogP contribution in [-0.2, 0) is 17.8 Å². The van der Waals surface area contributed by atoms with Crippen LogP contribution in [0, 0.1) is 19.3 Å². The Morgan fingerprint density at radius 3 is 2.55 bits per heavy atom. The summed E-state index contributed by atoms with van der Waals surface area (Å²) < 4.78 is 1.74. The number of aliphatic carboxylic acids is 1. The van der Waals surface area contributed by atoms with E-state index >= 15 is 0 Å². The second-order valence-corrected chi connectivity index (χ2v) is 5.88. The van der Waals surface area contributed by atoms with Crippen LogP contribution in [0.25, 0.3) is 0 Å². The van der Waals surface area contributed by atoms with Gasteiger partial charge in [-0.1, -0.05) is 6.92 Å². The van der Waals surface area contributed by atoms with E-state index < -0.39 is 5.97 Å². The highest BCUT2D eigenvalue weighted by molar-refractivity contribution is 5.67. The molecule has 5 heteroatoms. The lowest BCUT2D eigenvalue weighted by Crippen LogP contribution is -2.31. The highest BCUT2D eigenvalue weighted by Gasteiger charge is 2.41. The van der Waals surface area contributed by atoms with Crippen molar-refractivity contribution in [3.8, 4) is 0 Å². The summed E-state index contributed by atoms with van der Waals surface area (Å²) in [4.78, 5) is 26.9. The van der Waals surface area contributed by atoms with Crippen LogP contribution in [0.15, 0.2) is 4.79 Å². The molecular weight excluding hydrogens is 256 g/mol. The van der Waals surface area contributed by atoms with Crippen LogP contribution in [0.2, 0.25) is 0 Å². The Morgan fingerprint density at radius 2 is 2.05 bits per heavy atom. The minimum Gasteiger partial charge on any atom is -0.481 e. The molecule has 2 rings (SSSR count). The first-order valence-corrected chi connectivity index (χ1v) is 7.17. The van der Waals surface area contributed by atoms with Gasteiger partial charge in [0.15, 0.2) is 0 Å². The fourth-order valence-corrected chi connectivity index (χ4v) is 2.76. The fourth-order valence-electron chi connectivity index (χ4n) is 2.76. The molecule has 5 nitrogen and oxygen atoms in total. The standard InChI is InChI=1S/C15H22N2O3/c1-4-15(7-8-15)9-17-11(3)12(5-6-13(18)19)10(2)16-14(17)20/h4-9H2,1-3H3,(H,18,19). The van der Waals surface area contributed by atoms with Gasteiger partial charge in [-0.25, -0.2) is 4.79 Å². The average Bonchev–Trinajstić information content (AvgIpc) is 3.14. The summed E-state index contributed by atoms with van der Waals surface area (Å²) in [6.07, 6.45) is 3.89. The van der Waals surface area contributed by atoms with Crippen molar-refractivity contribution in [3.63, 3.8) is 0 Å². The number of carbonyl (C=O) groups is 1. The maximum atomic E-state index is 12.1. The van der Waals surface area contributed by atoms with Crippen LogP contribution in [-0.4, -0.2) is 20.6 Å². The first kappa shape index (κ1) is 14.8. The fraction of sp³-hybridized carbons (Fsp3) is 0.667. The average molecular weight is 278 g/mol. The number of aryl methyl sites for hydroxylation is 1. The largest absolute Gasteiger partial charge is 0.481 e. The molecule has 0 unspecified atom stereocenters. The number of carboxylic acid groups (broad SMARTS) is 1. The molecule has 0 atom stereocenters. The van der Waals surface area contributed by atoms with Gasteiger partial charge in [0.1, 0.15) is 0 Å². The summed E-state index contributed by atoms with van der Waals surface area (Å²) in [5.74, 6) is -0.825. The van der Waals surface area contributed by atoms with Crippen LogP contribution >= 0.6 is 0 Å². The molecule has 1 fully saturated rings. The highest BCUT2D eigenvalue weighted by atomic mass is 16.4. The summed E-state index contributed by atoms with van der Waals surface area (Å²) in [5.41, 5.74) is 2.49. The van der Waals surface area contributed by atoms with Crippen molar-refractivity contribution in [2.24, 2.45) is 5.41 Å². The zero-order chi connectivity index (χ0) is 14.9. The molecule has 1 aromatic heterocycles. The normalized spacial score (nSPS) is 16.1. The minimum absolute atomic E-state index is 0.0699. The lowest BCUT2D eigenvalue weighted by molar-refractivity contribution is -0.136. The Morgan fingerprint density at radius 1 is 1.40 bits per heavy atom. The summed E-state index contributed by atoms with van der Waals surface area (Å²) in [6, 6.07) is 0. The molecule has 1 aliphatic carbocycles. The molecule has 1 aliphatic rings. The predicted octanol–water partition coefficient (Wildman–Crippen LogP) is 2.07. The molecule has 0 radical (unpaired) electrons. The topological polar surface area (TPSA) is 72.2 Å². The summed E-state index contributed by atoms with van der Waals surface area (Å²) in [7, 11) is 0. The molecule has 110 valence electrons. The van der Waals surface area contributed by atoms with E-state index in [1.807, 2.05) is 6.92 Å². The van der Waals surface area contributed by atoms with Gasteiger partial charge in [0.2, 0.25) is 0 Å². The van der Waals surface area contributed by atoms with Crippen molar-refractivity contribution >= 4 is 5.97 Å². The van der Waals surface area contributed by atoms with Gasteiger partial charge in [-0.2, -0.15) is 4.98 Å². The number of carboxylic acids is 1. The third kappa shape index (κ3) is 2.92. The Kier molecular flexibility index (Phi) is 3.97. The summed E-state index contributed by atoms with van der Waals surface area (Å²) >= 11 is 0. The molecule has 1 saturated carbocycles. The molecule has 0 saturated heterocycles. The number of aromatic nitrogens is 2. The van der Waals surface area contributed by atoms with Gasteiger partial charge in [-0.15, -0.1) is 0 Å². The molecular formula is C15H22N2O3. The SMILES string of the molecule is CCC1(Cn2c(C)c(CCC(=O)O)c(C)nc2=O)CC1.